The van der Waals surface area contributed by atoms with Gasteiger partial charge in [0.05, 0.1) is 0 Å². The fraction of sp³-hybridized carbons (Fsp3) is 0.400. The average molecular weight is 228 g/mol. The van der Waals surface area contributed by atoms with E-state index in [0.29, 0.717) is 5.75 Å². The summed E-state index contributed by atoms with van der Waals surface area (Å²) in [5, 5.41) is 0.142. The molecular weight excluding hydrogens is 212 g/mol. The van der Waals surface area contributed by atoms with Crippen molar-refractivity contribution in [1.29, 1.82) is 0 Å². The molecule has 0 aromatic heterocycles. The van der Waals surface area contributed by atoms with Crippen LogP contribution in [0, 0.1) is 0 Å². The molecule has 0 unspecified atom stereocenters. The van der Waals surface area contributed by atoms with Crippen molar-refractivity contribution in [2.75, 3.05) is 0 Å². The maximum atomic E-state index is 9.02. The molecule has 0 bridgehead atoms. The van der Waals surface area contributed by atoms with Crippen molar-refractivity contribution in [3.8, 4) is 5.75 Å². The van der Waals surface area contributed by atoms with Crippen molar-refractivity contribution in [2.45, 2.75) is 26.4 Å². The predicted molar refractivity (Wildman–Crippen MR) is 58.9 cm³/mol. The molecule has 1 aromatic carbocycles. The van der Waals surface area contributed by atoms with Crippen LogP contribution in [-0.4, -0.2) is 28.8 Å². The summed E-state index contributed by atoms with van der Waals surface area (Å²) in [6.07, 6.45) is 0. The number of benzene rings is 1. The second kappa shape index (κ2) is 3.94. The van der Waals surface area contributed by atoms with Crippen molar-refractivity contribution < 1.29 is 19.1 Å². The van der Waals surface area contributed by atoms with Gasteiger partial charge in [-0.15, -0.1) is 0 Å². The molecule has 0 atom stereocenters. The Morgan fingerprint density at radius 2 is 1.47 bits per heavy atom. The lowest BCUT2D eigenvalue weighted by molar-refractivity contribution is 0.131. The zero-order valence-electron chi connectivity index (χ0n) is 9.06. The summed E-state index contributed by atoms with van der Waals surface area (Å²) in [7, 11) is -4.17. The molecule has 0 aliphatic rings. The summed E-state index contributed by atoms with van der Waals surface area (Å²) in [5.74, 6) is 0.629. The van der Waals surface area contributed by atoms with Crippen LogP contribution in [0.1, 0.15) is 20.8 Å². The minimum absolute atomic E-state index is 0.142. The zero-order chi connectivity index (χ0) is 11.7. The standard InChI is InChI=1S/C10H16O4Si/c1-10(2,3)14-8-4-6-9(7-5-8)15(11,12)13/h4-7,11-13H,1-3H3. The molecule has 0 saturated heterocycles. The number of ether oxygens (including phenoxy) is 1. The number of hydrogen-bond acceptors (Lipinski definition) is 4. The molecule has 0 heterocycles. The lowest BCUT2D eigenvalue weighted by Gasteiger charge is -2.21. The van der Waals surface area contributed by atoms with Gasteiger partial charge in [0.15, 0.2) is 0 Å². The van der Waals surface area contributed by atoms with Crippen LogP contribution in [0.5, 0.6) is 5.75 Å². The SMILES string of the molecule is CC(C)(C)Oc1ccc([Si](O)(O)O)cc1. The maximum absolute atomic E-state index is 9.02. The fourth-order valence-electron chi connectivity index (χ4n) is 1.10. The molecule has 84 valence electrons. The summed E-state index contributed by atoms with van der Waals surface area (Å²) in [6, 6.07) is 6.11. The van der Waals surface area contributed by atoms with E-state index in [1.165, 1.54) is 12.1 Å². The molecule has 1 aromatic rings. The van der Waals surface area contributed by atoms with Gasteiger partial charge in [0.25, 0.3) is 0 Å². The Labute approximate surface area is 90.1 Å². The average Bonchev–Trinajstić information content (AvgIpc) is 2.00. The fourth-order valence-corrected chi connectivity index (χ4v) is 1.71. The van der Waals surface area contributed by atoms with Gasteiger partial charge in [-0.1, -0.05) is 12.1 Å². The second-order valence-corrected chi connectivity index (χ2v) is 6.22. The van der Waals surface area contributed by atoms with Crippen molar-refractivity contribution >= 4 is 14.0 Å². The Morgan fingerprint density at radius 3 is 1.80 bits per heavy atom. The van der Waals surface area contributed by atoms with E-state index in [2.05, 4.69) is 0 Å². The monoisotopic (exact) mass is 228 g/mol. The smallest absolute Gasteiger partial charge is 0.488 e. The van der Waals surface area contributed by atoms with Crippen LogP contribution < -0.4 is 9.92 Å². The lowest BCUT2D eigenvalue weighted by Crippen LogP contribution is -2.48. The number of rotatable bonds is 2. The highest BCUT2D eigenvalue weighted by molar-refractivity contribution is 6.71. The van der Waals surface area contributed by atoms with Gasteiger partial charge in [0.2, 0.25) is 0 Å². The molecule has 0 saturated carbocycles. The van der Waals surface area contributed by atoms with E-state index in [0.717, 1.165) is 0 Å². The molecule has 5 heteroatoms. The van der Waals surface area contributed by atoms with Crippen molar-refractivity contribution in [2.24, 2.45) is 0 Å². The first-order valence-electron chi connectivity index (χ1n) is 4.65. The van der Waals surface area contributed by atoms with Gasteiger partial charge in [-0.2, -0.15) is 0 Å². The van der Waals surface area contributed by atoms with Crippen LogP contribution in [0.3, 0.4) is 0 Å². The lowest BCUT2D eigenvalue weighted by atomic mass is 10.2. The molecule has 0 aliphatic carbocycles. The molecule has 4 nitrogen and oxygen atoms in total. The van der Waals surface area contributed by atoms with Gasteiger partial charge >= 0.3 is 8.80 Å². The van der Waals surface area contributed by atoms with E-state index in [4.69, 9.17) is 19.1 Å². The summed E-state index contributed by atoms with van der Waals surface area (Å²) in [5.41, 5.74) is -0.298. The number of hydrogen-bond donors (Lipinski definition) is 3. The summed E-state index contributed by atoms with van der Waals surface area (Å²) < 4.78 is 5.54. The molecule has 3 N–H and O–H groups in total. The Hall–Kier alpha value is -0.883. The van der Waals surface area contributed by atoms with E-state index in [1.807, 2.05) is 20.8 Å². The van der Waals surface area contributed by atoms with Gasteiger partial charge in [-0.25, -0.2) is 0 Å². The third kappa shape index (κ3) is 4.01. The van der Waals surface area contributed by atoms with Gasteiger partial charge in [0.1, 0.15) is 11.4 Å². The van der Waals surface area contributed by atoms with Crippen molar-refractivity contribution in [3.63, 3.8) is 0 Å². The molecule has 15 heavy (non-hydrogen) atoms. The van der Waals surface area contributed by atoms with Crippen LogP contribution in [-0.2, 0) is 0 Å². The highest BCUT2D eigenvalue weighted by Crippen LogP contribution is 2.16. The normalized spacial score (nSPS) is 12.7. The quantitative estimate of drug-likeness (QED) is 0.623. The second-order valence-electron chi connectivity index (χ2n) is 4.37. The first kappa shape index (κ1) is 12.2. The Bertz CT molecular complexity index is 321. The van der Waals surface area contributed by atoms with Crippen LogP contribution in [0.25, 0.3) is 0 Å². The van der Waals surface area contributed by atoms with Crippen LogP contribution >= 0.6 is 0 Å². The Balaban J connectivity index is 2.82. The topological polar surface area (TPSA) is 69.9 Å². The van der Waals surface area contributed by atoms with E-state index >= 15 is 0 Å². The highest BCUT2D eigenvalue weighted by Gasteiger charge is 2.30. The summed E-state index contributed by atoms with van der Waals surface area (Å²) in [6.45, 7) is 5.76. The molecule has 0 fully saturated rings. The highest BCUT2D eigenvalue weighted by atomic mass is 28.4. The largest absolute Gasteiger partial charge is 0.528 e. The maximum Gasteiger partial charge on any atom is 0.528 e. The minimum atomic E-state index is -4.17. The van der Waals surface area contributed by atoms with Crippen LogP contribution in [0.2, 0.25) is 0 Å². The van der Waals surface area contributed by atoms with Gasteiger partial charge in [-0.05, 0) is 32.9 Å². The third-order valence-corrected chi connectivity index (χ3v) is 2.77. The molecule has 1 rings (SSSR count). The zero-order valence-corrected chi connectivity index (χ0v) is 10.1. The molecular formula is C10H16O4Si. The van der Waals surface area contributed by atoms with E-state index < -0.39 is 8.80 Å². The predicted octanol–water partition coefficient (Wildman–Crippen LogP) is -0.0133. The summed E-state index contributed by atoms with van der Waals surface area (Å²) in [4.78, 5) is 27.1. The molecule has 0 radical (unpaired) electrons. The Kier molecular flexibility index (Phi) is 3.20. The Morgan fingerprint density at radius 1 is 1.00 bits per heavy atom. The van der Waals surface area contributed by atoms with Gasteiger partial charge in [0, 0.05) is 5.19 Å². The van der Waals surface area contributed by atoms with E-state index in [9.17, 15) is 0 Å². The van der Waals surface area contributed by atoms with E-state index in [1.54, 1.807) is 12.1 Å². The van der Waals surface area contributed by atoms with Crippen LogP contribution in [0.15, 0.2) is 24.3 Å². The van der Waals surface area contributed by atoms with Crippen LogP contribution in [0.4, 0.5) is 0 Å². The van der Waals surface area contributed by atoms with Crippen molar-refractivity contribution in [1.82, 2.24) is 0 Å². The first-order valence-corrected chi connectivity index (χ1v) is 6.49. The molecule has 0 spiro atoms. The third-order valence-electron chi connectivity index (χ3n) is 1.67. The van der Waals surface area contributed by atoms with Crippen molar-refractivity contribution in [3.05, 3.63) is 24.3 Å². The van der Waals surface area contributed by atoms with Gasteiger partial charge in [-0.3, -0.25) is 0 Å². The molecule has 0 aliphatic heterocycles. The minimum Gasteiger partial charge on any atom is -0.488 e. The summed E-state index contributed by atoms with van der Waals surface area (Å²) >= 11 is 0. The first-order chi connectivity index (χ1) is 6.68. The van der Waals surface area contributed by atoms with E-state index in [-0.39, 0.29) is 10.8 Å². The van der Waals surface area contributed by atoms with Gasteiger partial charge < -0.3 is 19.1 Å². The molecule has 0 amide bonds.